The molecule has 0 saturated carbocycles. The number of carbonyl (C=O) groups excluding carboxylic acids is 1. The van der Waals surface area contributed by atoms with Gasteiger partial charge >= 0.3 is 12.2 Å². The van der Waals surface area contributed by atoms with Crippen LogP contribution in [0.25, 0.3) is 0 Å². The Morgan fingerprint density at radius 2 is 2.14 bits per heavy atom. The standard InChI is InChI=1S/C14H16F3N3O/c1-10(20-13(21)19-9-14(15,16)17)12-6-2-4-11(8-12)5-3-7-18/h2,4,6,8,10H,7,9,18H2,1H3,(H2,19,20,21). The third-order valence-electron chi connectivity index (χ3n) is 2.52. The quantitative estimate of drug-likeness (QED) is 0.747. The van der Waals surface area contributed by atoms with Gasteiger partial charge in [0.15, 0.2) is 0 Å². The average molecular weight is 299 g/mol. The summed E-state index contributed by atoms with van der Waals surface area (Å²) >= 11 is 0. The molecule has 0 aliphatic heterocycles. The Morgan fingerprint density at radius 3 is 2.76 bits per heavy atom. The molecule has 4 nitrogen and oxygen atoms in total. The van der Waals surface area contributed by atoms with E-state index in [4.69, 9.17) is 5.73 Å². The van der Waals surface area contributed by atoms with Crippen molar-refractivity contribution in [2.45, 2.75) is 19.1 Å². The minimum atomic E-state index is -4.43. The van der Waals surface area contributed by atoms with Crippen molar-refractivity contribution in [1.29, 1.82) is 0 Å². The Balaban J connectivity index is 2.63. The maximum atomic E-state index is 12.0. The number of nitrogens with one attached hydrogen (secondary N) is 2. The first-order chi connectivity index (χ1) is 9.81. The number of carbonyl (C=O) groups is 1. The van der Waals surface area contributed by atoms with Crippen LogP contribution in [-0.4, -0.2) is 25.3 Å². The molecule has 1 atom stereocenters. The van der Waals surface area contributed by atoms with Crippen LogP contribution < -0.4 is 16.4 Å². The summed E-state index contributed by atoms with van der Waals surface area (Å²) in [7, 11) is 0. The molecule has 1 aromatic rings. The number of benzene rings is 1. The van der Waals surface area contributed by atoms with Gasteiger partial charge in [-0.2, -0.15) is 13.2 Å². The Morgan fingerprint density at radius 1 is 1.43 bits per heavy atom. The summed E-state index contributed by atoms with van der Waals surface area (Å²) in [4.78, 5) is 11.4. The molecule has 0 fully saturated rings. The van der Waals surface area contributed by atoms with Gasteiger partial charge < -0.3 is 16.4 Å². The zero-order valence-electron chi connectivity index (χ0n) is 11.4. The molecule has 1 aromatic carbocycles. The second-order valence-corrected chi connectivity index (χ2v) is 4.30. The molecule has 0 aliphatic rings. The van der Waals surface area contributed by atoms with Crippen molar-refractivity contribution in [1.82, 2.24) is 10.6 Å². The summed E-state index contributed by atoms with van der Waals surface area (Å²) < 4.78 is 35.9. The molecule has 1 rings (SSSR count). The van der Waals surface area contributed by atoms with Crippen LogP contribution in [0.1, 0.15) is 24.1 Å². The van der Waals surface area contributed by atoms with Crippen LogP contribution in [0.5, 0.6) is 0 Å². The SMILES string of the molecule is CC(NC(=O)NCC(F)(F)F)c1cccc(C#CCN)c1. The summed E-state index contributed by atoms with van der Waals surface area (Å²) in [6.45, 7) is 0.536. The van der Waals surface area contributed by atoms with Gasteiger partial charge in [-0.25, -0.2) is 4.79 Å². The highest BCUT2D eigenvalue weighted by atomic mass is 19.4. The predicted molar refractivity (Wildman–Crippen MR) is 73.4 cm³/mol. The third kappa shape index (κ3) is 6.68. The molecular weight excluding hydrogens is 283 g/mol. The van der Waals surface area contributed by atoms with E-state index >= 15 is 0 Å². The number of amides is 2. The highest BCUT2D eigenvalue weighted by molar-refractivity contribution is 5.74. The van der Waals surface area contributed by atoms with Gasteiger partial charge in [0, 0.05) is 5.56 Å². The second-order valence-electron chi connectivity index (χ2n) is 4.30. The minimum absolute atomic E-state index is 0.234. The van der Waals surface area contributed by atoms with E-state index in [1.807, 2.05) is 0 Å². The first-order valence-electron chi connectivity index (χ1n) is 6.22. The maximum Gasteiger partial charge on any atom is 0.405 e. The lowest BCUT2D eigenvalue weighted by Gasteiger charge is -2.16. The van der Waals surface area contributed by atoms with Gasteiger partial charge in [0.2, 0.25) is 0 Å². The molecule has 7 heteroatoms. The first kappa shape index (κ1) is 16.9. The monoisotopic (exact) mass is 299 g/mol. The number of nitrogens with two attached hydrogens (primary N) is 1. The van der Waals surface area contributed by atoms with E-state index in [2.05, 4.69) is 17.2 Å². The fraction of sp³-hybridized carbons (Fsp3) is 0.357. The molecule has 114 valence electrons. The lowest BCUT2D eigenvalue weighted by atomic mass is 10.1. The lowest BCUT2D eigenvalue weighted by molar-refractivity contribution is -0.122. The van der Waals surface area contributed by atoms with Gasteiger partial charge in [0.05, 0.1) is 12.6 Å². The molecule has 1 unspecified atom stereocenters. The number of urea groups is 1. The van der Waals surface area contributed by atoms with E-state index in [1.165, 1.54) is 0 Å². The number of hydrogen-bond acceptors (Lipinski definition) is 2. The van der Waals surface area contributed by atoms with E-state index < -0.39 is 24.8 Å². The van der Waals surface area contributed by atoms with E-state index in [9.17, 15) is 18.0 Å². The van der Waals surface area contributed by atoms with Crippen LogP contribution >= 0.6 is 0 Å². The van der Waals surface area contributed by atoms with Crippen LogP contribution in [0.3, 0.4) is 0 Å². The highest BCUT2D eigenvalue weighted by Gasteiger charge is 2.27. The largest absolute Gasteiger partial charge is 0.405 e. The summed E-state index contributed by atoms with van der Waals surface area (Å²) in [5, 5.41) is 4.18. The molecule has 0 bridgehead atoms. The van der Waals surface area contributed by atoms with Crippen LogP contribution in [-0.2, 0) is 0 Å². The third-order valence-corrected chi connectivity index (χ3v) is 2.52. The molecule has 0 aliphatic carbocycles. The van der Waals surface area contributed by atoms with E-state index in [1.54, 1.807) is 36.5 Å². The summed E-state index contributed by atoms with van der Waals surface area (Å²) in [5.41, 5.74) is 6.74. The molecule has 0 aromatic heterocycles. The molecule has 4 N–H and O–H groups in total. The van der Waals surface area contributed by atoms with Crippen LogP contribution in [0.2, 0.25) is 0 Å². The van der Waals surface area contributed by atoms with Crippen LogP contribution in [0.15, 0.2) is 24.3 Å². The van der Waals surface area contributed by atoms with Crippen molar-refractivity contribution < 1.29 is 18.0 Å². The molecule has 0 heterocycles. The number of hydrogen-bond donors (Lipinski definition) is 3. The first-order valence-corrected chi connectivity index (χ1v) is 6.22. The van der Waals surface area contributed by atoms with Gasteiger partial charge in [0.1, 0.15) is 6.54 Å². The zero-order valence-corrected chi connectivity index (χ0v) is 11.4. The lowest BCUT2D eigenvalue weighted by Crippen LogP contribution is -2.41. The normalized spacial score (nSPS) is 12.0. The molecule has 0 saturated heterocycles. The van der Waals surface area contributed by atoms with E-state index in [0.717, 1.165) is 11.1 Å². The fourth-order valence-electron chi connectivity index (χ4n) is 1.55. The Labute approximate surface area is 120 Å². The molecule has 0 spiro atoms. The Bertz CT molecular complexity index is 546. The average Bonchev–Trinajstić information content (AvgIpc) is 2.42. The van der Waals surface area contributed by atoms with Crippen molar-refractivity contribution >= 4 is 6.03 Å². The van der Waals surface area contributed by atoms with E-state index in [-0.39, 0.29) is 6.54 Å². The summed E-state index contributed by atoms with van der Waals surface area (Å²) in [6, 6.07) is 5.71. The Hall–Kier alpha value is -2.20. The smallest absolute Gasteiger partial charge is 0.332 e. The second kappa shape index (κ2) is 7.55. The van der Waals surface area contributed by atoms with Crippen molar-refractivity contribution in [2.75, 3.05) is 13.1 Å². The minimum Gasteiger partial charge on any atom is -0.332 e. The molecule has 2 amide bonds. The van der Waals surface area contributed by atoms with Crippen molar-refractivity contribution in [3.63, 3.8) is 0 Å². The van der Waals surface area contributed by atoms with Crippen LogP contribution in [0, 0.1) is 11.8 Å². The maximum absolute atomic E-state index is 12.0. The van der Waals surface area contributed by atoms with Crippen molar-refractivity contribution in [3.05, 3.63) is 35.4 Å². The van der Waals surface area contributed by atoms with Crippen molar-refractivity contribution in [3.8, 4) is 11.8 Å². The predicted octanol–water partition coefficient (Wildman–Crippen LogP) is 1.92. The van der Waals surface area contributed by atoms with Crippen molar-refractivity contribution in [2.24, 2.45) is 5.73 Å². The number of halogens is 3. The number of alkyl halides is 3. The molecular formula is C14H16F3N3O. The van der Waals surface area contributed by atoms with E-state index in [0.29, 0.717) is 0 Å². The van der Waals surface area contributed by atoms with Gasteiger partial charge in [-0.15, -0.1) is 0 Å². The molecule has 21 heavy (non-hydrogen) atoms. The van der Waals surface area contributed by atoms with Gasteiger partial charge in [-0.3, -0.25) is 0 Å². The van der Waals surface area contributed by atoms with Gasteiger partial charge in [-0.05, 0) is 24.6 Å². The fourth-order valence-corrected chi connectivity index (χ4v) is 1.55. The number of rotatable bonds is 3. The van der Waals surface area contributed by atoms with Gasteiger partial charge in [0.25, 0.3) is 0 Å². The van der Waals surface area contributed by atoms with Crippen LogP contribution in [0.4, 0.5) is 18.0 Å². The summed E-state index contributed by atoms with van der Waals surface area (Å²) in [5.74, 6) is 5.55. The summed E-state index contributed by atoms with van der Waals surface area (Å²) in [6.07, 6.45) is -4.43. The highest BCUT2D eigenvalue weighted by Crippen LogP contribution is 2.14. The topological polar surface area (TPSA) is 67.2 Å². The zero-order chi connectivity index (χ0) is 15.9. The Kier molecular flexibility index (Phi) is 6.06. The molecule has 0 radical (unpaired) electrons. The van der Waals surface area contributed by atoms with Gasteiger partial charge in [-0.1, -0.05) is 24.0 Å².